The molecule has 0 aliphatic rings. The first-order valence-corrected chi connectivity index (χ1v) is 7.34. The molecule has 2 N–H and O–H groups in total. The third kappa shape index (κ3) is 4.20. The van der Waals surface area contributed by atoms with E-state index in [1.54, 1.807) is 36.4 Å². The van der Waals surface area contributed by atoms with E-state index in [0.717, 1.165) is 0 Å². The van der Waals surface area contributed by atoms with Crippen molar-refractivity contribution in [3.63, 3.8) is 0 Å². The standard InChI is InChI=1S/C14H9BrCl2N2O2/c15-10-4-2-1-3-9(10)13(20)19-14(21)18-8-5-6-11(16)12(17)7-8/h1-7H,(H2,18,19,20,21). The summed E-state index contributed by atoms with van der Waals surface area (Å²) in [6, 6.07) is 10.8. The highest BCUT2D eigenvalue weighted by molar-refractivity contribution is 9.10. The van der Waals surface area contributed by atoms with Crippen LogP contribution in [-0.4, -0.2) is 11.9 Å². The third-order valence-electron chi connectivity index (χ3n) is 2.52. The number of imide groups is 1. The molecular weight excluding hydrogens is 379 g/mol. The molecule has 2 aromatic rings. The van der Waals surface area contributed by atoms with Crippen molar-refractivity contribution >= 4 is 56.8 Å². The number of urea groups is 1. The summed E-state index contributed by atoms with van der Waals surface area (Å²) in [4.78, 5) is 23.7. The Morgan fingerprint density at radius 3 is 2.38 bits per heavy atom. The summed E-state index contributed by atoms with van der Waals surface area (Å²) < 4.78 is 0.602. The molecule has 0 bridgehead atoms. The summed E-state index contributed by atoms with van der Waals surface area (Å²) in [5.74, 6) is -0.514. The highest BCUT2D eigenvalue weighted by Crippen LogP contribution is 2.25. The van der Waals surface area contributed by atoms with E-state index in [1.807, 2.05) is 0 Å². The van der Waals surface area contributed by atoms with E-state index in [2.05, 4.69) is 26.6 Å². The summed E-state index contributed by atoms with van der Waals surface area (Å²) in [5.41, 5.74) is 0.795. The molecule has 108 valence electrons. The van der Waals surface area contributed by atoms with Gasteiger partial charge in [-0.05, 0) is 46.3 Å². The van der Waals surface area contributed by atoms with Crippen molar-refractivity contribution in [2.75, 3.05) is 5.32 Å². The van der Waals surface area contributed by atoms with Gasteiger partial charge in [-0.15, -0.1) is 0 Å². The molecule has 0 fully saturated rings. The van der Waals surface area contributed by atoms with Crippen LogP contribution in [-0.2, 0) is 0 Å². The fraction of sp³-hybridized carbons (Fsp3) is 0. The van der Waals surface area contributed by atoms with Gasteiger partial charge in [0, 0.05) is 10.2 Å². The number of carbonyl (C=O) groups is 2. The Balaban J connectivity index is 2.03. The normalized spacial score (nSPS) is 10.0. The molecule has 0 saturated heterocycles. The van der Waals surface area contributed by atoms with Crippen LogP contribution >= 0.6 is 39.1 Å². The van der Waals surface area contributed by atoms with Gasteiger partial charge < -0.3 is 5.32 Å². The van der Waals surface area contributed by atoms with E-state index in [9.17, 15) is 9.59 Å². The smallest absolute Gasteiger partial charge is 0.308 e. The monoisotopic (exact) mass is 386 g/mol. The first-order chi connectivity index (χ1) is 9.97. The number of amides is 3. The van der Waals surface area contributed by atoms with Crippen LogP contribution in [0.2, 0.25) is 10.0 Å². The maximum absolute atomic E-state index is 11.9. The van der Waals surface area contributed by atoms with Crippen molar-refractivity contribution < 1.29 is 9.59 Å². The van der Waals surface area contributed by atoms with Gasteiger partial charge in [0.1, 0.15) is 0 Å². The second kappa shape index (κ2) is 6.93. The summed E-state index contributed by atoms with van der Waals surface area (Å²) in [6.45, 7) is 0. The zero-order chi connectivity index (χ0) is 15.4. The Labute approximate surface area is 139 Å². The highest BCUT2D eigenvalue weighted by Gasteiger charge is 2.13. The van der Waals surface area contributed by atoms with Crippen molar-refractivity contribution in [2.24, 2.45) is 0 Å². The molecule has 0 atom stereocenters. The number of halogens is 3. The minimum atomic E-state index is -0.658. The molecule has 7 heteroatoms. The van der Waals surface area contributed by atoms with E-state index in [-0.39, 0.29) is 0 Å². The van der Waals surface area contributed by atoms with Crippen LogP contribution in [0.1, 0.15) is 10.4 Å². The maximum atomic E-state index is 11.9. The third-order valence-corrected chi connectivity index (χ3v) is 3.95. The van der Waals surface area contributed by atoms with E-state index in [0.29, 0.717) is 25.8 Å². The van der Waals surface area contributed by atoms with Crippen LogP contribution in [0.3, 0.4) is 0 Å². The van der Waals surface area contributed by atoms with Crippen LogP contribution in [0.4, 0.5) is 10.5 Å². The van der Waals surface area contributed by atoms with Gasteiger partial charge in [-0.1, -0.05) is 35.3 Å². The van der Waals surface area contributed by atoms with E-state index < -0.39 is 11.9 Å². The molecule has 2 rings (SSSR count). The fourth-order valence-electron chi connectivity index (χ4n) is 1.55. The van der Waals surface area contributed by atoms with Crippen LogP contribution in [0.15, 0.2) is 46.9 Å². The quantitative estimate of drug-likeness (QED) is 0.783. The Morgan fingerprint density at radius 1 is 1.00 bits per heavy atom. The lowest BCUT2D eigenvalue weighted by Gasteiger charge is -2.08. The predicted molar refractivity (Wildman–Crippen MR) is 87.1 cm³/mol. The molecule has 0 radical (unpaired) electrons. The highest BCUT2D eigenvalue weighted by atomic mass is 79.9. The van der Waals surface area contributed by atoms with Gasteiger partial charge in [-0.25, -0.2) is 4.79 Å². The second-order valence-corrected chi connectivity index (χ2v) is 5.69. The molecule has 0 unspecified atom stereocenters. The Hall–Kier alpha value is -1.56. The van der Waals surface area contributed by atoms with Crippen molar-refractivity contribution in [1.29, 1.82) is 0 Å². The average molecular weight is 388 g/mol. The van der Waals surface area contributed by atoms with E-state index in [4.69, 9.17) is 23.2 Å². The minimum absolute atomic E-state index is 0.312. The number of rotatable bonds is 2. The van der Waals surface area contributed by atoms with Gasteiger partial charge in [-0.2, -0.15) is 0 Å². The number of nitrogens with one attached hydrogen (secondary N) is 2. The lowest BCUT2D eigenvalue weighted by molar-refractivity contribution is 0.0966. The SMILES string of the molecule is O=C(NC(=O)c1ccccc1Br)Nc1ccc(Cl)c(Cl)c1. The van der Waals surface area contributed by atoms with Crippen molar-refractivity contribution in [2.45, 2.75) is 0 Å². The molecule has 4 nitrogen and oxygen atoms in total. The Kier molecular flexibility index (Phi) is 5.22. The fourth-order valence-corrected chi connectivity index (χ4v) is 2.31. The number of carbonyl (C=O) groups excluding carboxylic acids is 2. The van der Waals surface area contributed by atoms with Crippen LogP contribution in [0.5, 0.6) is 0 Å². The molecule has 0 saturated carbocycles. The first-order valence-electron chi connectivity index (χ1n) is 5.79. The van der Waals surface area contributed by atoms with Crippen LogP contribution < -0.4 is 10.6 Å². The lowest BCUT2D eigenvalue weighted by atomic mass is 10.2. The Bertz CT molecular complexity index is 707. The van der Waals surface area contributed by atoms with Gasteiger partial charge in [-0.3, -0.25) is 10.1 Å². The van der Waals surface area contributed by atoms with Crippen molar-refractivity contribution in [3.8, 4) is 0 Å². The number of anilines is 1. The van der Waals surface area contributed by atoms with E-state index in [1.165, 1.54) is 6.07 Å². The number of hydrogen-bond donors (Lipinski definition) is 2. The molecule has 0 spiro atoms. The van der Waals surface area contributed by atoms with Crippen molar-refractivity contribution in [3.05, 3.63) is 62.5 Å². The molecule has 0 aliphatic carbocycles. The summed E-state index contributed by atoms with van der Waals surface area (Å²) in [7, 11) is 0. The van der Waals surface area contributed by atoms with Crippen LogP contribution in [0, 0.1) is 0 Å². The molecular formula is C14H9BrCl2N2O2. The topological polar surface area (TPSA) is 58.2 Å². The summed E-state index contributed by atoms with van der Waals surface area (Å²) in [6.07, 6.45) is 0. The number of benzene rings is 2. The predicted octanol–water partition coefficient (Wildman–Crippen LogP) is 4.72. The van der Waals surface area contributed by atoms with Gasteiger partial charge in [0.2, 0.25) is 0 Å². The lowest BCUT2D eigenvalue weighted by Crippen LogP contribution is -2.34. The minimum Gasteiger partial charge on any atom is -0.308 e. The van der Waals surface area contributed by atoms with Gasteiger partial charge in [0.25, 0.3) is 5.91 Å². The largest absolute Gasteiger partial charge is 0.326 e. The second-order valence-electron chi connectivity index (χ2n) is 4.02. The summed E-state index contributed by atoms with van der Waals surface area (Å²) >= 11 is 14.9. The molecule has 0 aromatic heterocycles. The molecule has 0 aliphatic heterocycles. The van der Waals surface area contributed by atoms with Crippen molar-refractivity contribution in [1.82, 2.24) is 5.32 Å². The van der Waals surface area contributed by atoms with Gasteiger partial charge in [0.05, 0.1) is 15.6 Å². The zero-order valence-electron chi connectivity index (χ0n) is 10.5. The molecule has 21 heavy (non-hydrogen) atoms. The van der Waals surface area contributed by atoms with Gasteiger partial charge in [0.15, 0.2) is 0 Å². The molecule has 0 heterocycles. The maximum Gasteiger partial charge on any atom is 0.326 e. The average Bonchev–Trinajstić information content (AvgIpc) is 2.43. The van der Waals surface area contributed by atoms with Crippen LogP contribution in [0.25, 0.3) is 0 Å². The molecule has 2 aromatic carbocycles. The Morgan fingerprint density at radius 2 is 1.71 bits per heavy atom. The van der Waals surface area contributed by atoms with Gasteiger partial charge >= 0.3 is 6.03 Å². The van der Waals surface area contributed by atoms with E-state index >= 15 is 0 Å². The number of hydrogen-bond acceptors (Lipinski definition) is 2. The zero-order valence-corrected chi connectivity index (χ0v) is 13.6. The summed E-state index contributed by atoms with van der Waals surface area (Å²) in [5, 5.41) is 5.42. The first kappa shape index (κ1) is 15.8. The molecule has 3 amide bonds.